The summed E-state index contributed by atoms with van der Waals surface area (Å²) in [5, 5.41) is 3.67. The summed E-state index contributed by atoms with van der Waals surface area (Å²) in [5.41, 5.74) is 0.632. The van der Waals surface area contributed by atoms with Crippen molar-refractivity contribution in [2.24, 2.45) is 0 Å². The molecule has 116 valence electrons. The van der Waals surface area contributed by atoms with Crippen molar-refractivity contribution in [1.82, 2.24) is 15.2 Å². The molecular weight excluding hydrogens is 282 g/mol. The molecule has 2 aromatic rings. The number of piperazine rings is 1. The van der Waals surface area contributed by atoms with E-state index in [2.05, 4.69) is 10.3 Å². The largest absolute Gasteiger partial charge is 0.494 e. The maximum atomic E-state index is 12.6. The van der Waals surface area contributed by atoms with Gasteiger partial charge in [0.15, 0.2) is 0 Å². The molecule has 1 amide bonds. The van der Waals surface area contributed by atoms with E-state index in [1.807, 2.05) is 6.92 Å². The highest BCUT2D eigenvalue weighted by Crippen LogP contribution is 2.17. The third-order valence-electron chi connectivity index (χ3n) is 3.80. The van der Waals surface area contributed by atoms with Gasteiger partial charge in [0, 0.05) is 43.3 Å². The van der Waals surface area contributed by atoms with Crippen LogP contribution in [0.4, 0.5) is 0 Å². The smallest absolute Gasteiger partial charge is 0.259 e. The van der Waals surface area contributed by atoms with Crippen LogP contribution in [0.15, 0.2) is 29.2 Å². The molecule has 0 atom stereocenters. The van der Waals surface area contributed by atoms with Gasteiger partial charge in [0.1, 0.15) is 11.3 Å². The lowest BCUT2D eigenvalue weighted by Gasteiger charge is -2.27. The number of aromatic nitrogens is 1. The van der Waals surface area contributed by atoms with E-state index < -0.39 is 0 Å². The molecule has 6 heteroatoms. The van der Waals surface area contributed by atoms with E-state index in [1.54, 1.807) is 23.1 Å². The summed E-state index contributed by atoms with van der Waals surface area (Å²) in [5.74, 6) is 0.415. The molecule has 1 aliphatic heterocycles. The van der Waals surface area contributed by atoms with E-state index in [-0.39, 0.29) is 16.9 Å². The van der Waals surface area contributed by atoms with E-state index in [0.717, 1.165) is 13.1 Å². The number of nitrogens with zero attached hydrogens (tertiary/aromatic N) is 1. The normalized spacial score (nSPS) is 15.0. The van der Waals surface area contributed by atoms with Crippen LogP contribution in [0, 0.1) is 0 Å². The van der Waals surface area contributed by atoms with Gasteiger partial charge < -0.3 is 19.9 Å². The number of H-pyrrole nitrogens is 1. The van der Waals surface area contributed by atoms with E-state index in [1.165, 1.54) is 6.20 Å². The molecule has 1 aromatic heterocycles. The molecule has 0 radical (unpaired) electrons. The molecule has 2 heterocycles. The predicted octanol–water partition coefficient (Wildman–Crippen LogP) is 0.972. The summed E-state index contributed by atoms with van der Waals surface area (Å²) < 4.78 is 5.43. The highest BCUT2D eigenvalue weighted by Gasteiger charge is 2.21. The Morgan fingerprint density at radius 2 is 2.09 bits per heavy atom. The van der Waals surface area contributed by atoms with Crippen LogP contribution in [-0.2, 0) is 0 Å². The van der Waals surface area contributed by atoms with Crippen molar-refractivity contribution in [1.29, 1.82) is 0 Å². The first-order valence-electron chi connectivity index (χ1n) is 7.49. The van der Waals surface area contributed by atoms with Crippen LogP contribution in [0.1, 0.15) is 17.3 Å². The molecule has 22 heavy (non-hydrogen) atoms. The van der Waals surface area contributed by atoms with Crippen molar-refractivity contribution in [3.63, 3.8) is 0 Å². The van der Waals surface area contributed by atoms with E-state index >= 15 is 0 Å². The first-order valence-corrected chi connectivity index (χ1v) is 7.49. The summed E-state index contributed by atoms with van der Waals surface area (Å²) in [4.78, 5) is 29.9. The summed E-state index contributed by atoms with van der Waals surface area (Å²) in [7, 11) is 0. The lowest BCUT2D eigenvalue weighted by Crippen LogP contribution is -2.47. The average Bonchev–Trinajstić information content (AvgIpc) is 2.56. The number of carbonyl (C=O) groups is 1. The van der Waals surface area contributed by atoms with E-state index in [4.69, 9.17) is 4.74 Å². The molecule has 1 fully saturated rings. The summed E-state index contributed by atoms with van der Waals surface area (Å²) in [6.45, 7) is 5.17. The van der Waals surface area contributed by atoms with Crippen molar-refractivity contribution >= 4 is 16.8 Å². The van der Waals surface area contributed by atoms with Crippen LogP contribution in [0.5, 0.6) is 5.75 Å². The molecule has 0 bridgehead atoms. The van der Waals surface area contributed by atoms with Gasteiger partial charge in [-0.2, -0.15) is 0 Å². The number of benzene rings is 1. The maximum Gasteiger partial charge on any atom is 0.259 e. The number of ether oxygens (including phenoxy) is 1. The number of hydrogen-bond donors (Lipinski definition) is 2. The minimum atomic E-state index is -0.251. The van der Waals surface area contributed by atoms with E-state index in [9.17, 15) is 9.59 Å². The van der Waals surface area contributed by atoms with Crippen LogP contribution >= 0.6 is 0 Å². The third-order valence-corrected chi connectivity index (χ3v) is 3.80. The highest BCUT2D eigenvalue weighted by atomic mass is 16.5. The molecule has 0 aliphatic carbocycles. The van der Waals surface area contributed by atoms with E-state index in [0.29, 0.717) is 36.3 Å². The fourth-order valence-corrected chi connectivity index (χ4v) is 2.65. The Balaban J connectivity index is 2.01. The van der Waals surface area contributed by atoms with Crippen LogP contribution in [0.25, 0.3) is 10.9 Å². The number of rotatable bonds is 3. The Morgan fingerprint density at radius 3 is 2.82 bits per heavy atom. The topological polar surface area (TPSA) is 74.4 Å². The Morgan fingerprint density at radius 1 is 1.32 bits per heavy atom. The van der Waals surface area contributed by atoms with Gasteiger partial charge in [-0.25, -0.2) is 0 Å². The number of pyridine rings is 1. The standard InChI is InChI=1S/C16H19N3O3/c1-2-22-11-3-4-14-12(9-11)15(20)13(10-18-14)16(21)19-7-5-17-6-8-19/h3-4,9-10,17H,2,5-8H2,1H3,(H,18,20). The fourth-order valence-electron chi connectivity index (χ4n) is 2.65. The minimum absolute atomic E-state index is 0.183. The molecule has 1 aliphatic rings. The number of aromatic amines is 1. The van der Waals surface area contributed by atoms with Crippen molar-refractivity contribution in [2.75, 3.05) is 32.8 Å². The number of fused-ring (bicyclic) bond motifs is 1. The van der Waals surface area contributed by atoms with Crippen LogP contribution in [-0.4, -0.2) is 48.6 Å². The van der Waals surface area contributed by atoms with Gasteiger partial charge in [-0.15, -0.1) is 0 Å². The number of nitrogens with one attached hydrogen (secondary N) is 2. The van der Waals surface area contributed by atoms with Gasteiger partial charge in [0.25, 0.3) is 5.91 Å². The zero-order valence-corrected chi connectivity index (χ0v) is 12.5. The molecule has 3 rings (SSSR count). The lowest BCUT2D eigenvalue weighted by molar-refractivity contribution is 0.0734. The molecule has 6 nitrogen and oxygen atoms in total. The van der Waals surface area contributed by atoms with Crippen molar-refractivity contribution in [3.05, 3.63) is 40.2 Å². The molecule has 0 unspecified atom stereocenters. The zero-order valence-electron chi connectivity index (χ0n) is 12.5. The van der Waals surface area contributed by atoms with Crippen LogP contribution in [0.3, 0.4) is 0 Å². The lowest BCUT2D eigenvalue weighted by atomic mass is 10.1. The van der Waals surface area contributed by atoms with Gasteiger partial charge in [0.05, 0.1) is 6.61 Å². The van der Waals surface area contributed by atoms with Crippen molar-refractivity contribution in [2.45, 2.75) is 6.92 Å². The predicted molar refractivity (Wildman–Crippen MR) is 84.5 cm³/mol. The van der Waals surface area contributed by atoms with Gasteiger partial charge in [-0.05, 0) is 25.1 Å². The van der Waals surface area contributed by atoms with Crippen molar-refractivity contribution in [3.8, 4) is 5.75 Å². The molecular formula is C16H19N3O3. The quantitative estimate of drug-likeness (QED) is 0.886. The molecule has 2 N–H and O–H groups in total. The SMILES string of the molecule is CCOc1ccc2[nH]cc(C(=O)N3CCNCC3)c(=O)c2c1. The molecule has 1 saturated heterocycles. The van der Waals surface area contributed by atoms with Gasteiger partial charge in [-0.1, -0.05) is 0 Å². The average molecular weight is 301 g/mol. The first kappa shape index (κ1) is 14.6. The van der Waals surface area contributed by atoms with Gasteiger partial charge >= 0.3 is 0 Å². The highest BCUT2D eigenvalue weighted by molar-refractivity contribution is 5.97. The molecule has 0 spiro atoms. The number of carbonyl (C=O) groups excluding carboxylic acids is 1. The van der Waals surface area contributed by atoms with Gasteiger partial charge in [-0.3, -0.25) is 9.59 Å². The Bertz CT molecular complexity index is 748. The van der Waals surface area contributed by atoms with Crippen LogP contribution < -0.4 is 15.5 Å². The number of hydrogen-bond acceptors (Lipinski definition) is 4. The Kier molecular flexibility index (Phi) is 4.11. The molecule has 0 saturated carbocycles. The Labute approximate surface area is 128 Å². The first-order chi connectivity index (χ1) is 10.7. The maximum absolute atomic E-state index is 12.6. The zero-order chi connectivity index (χ0) is 15.5. The second kappa shape index (κ2) is 6.19. The summed E-state index contributed by atoms with van der Waals surface area (Å²) in [6.07, 6.45) is 1.51. The Hall–Kier alpha value is -2.34. The fraction of sp³-hybridized carbons (Fsp3) is 0.375. The molecule has 1 aromatic carbocycles. The van der Waals surface area contributed by atoms with Crippen molar-refractivity contribution < 1.29 is 9.53 Å². The number of amides is 1. The van der Waals surface area contributed by atoms with Crippen LogP contribution in [0.2, 0.25) is 0 Å². The monoisotopic (exact) mass is 301 g/mol. The summed E-state index contributed by atoms with van der Waals surface area (Å²) >= 11 is 0. The third kappa shape index (κ3) is 2.69. The second-order valence-corrected chi connectivity index (χ2v) is 5.21. The second-order valence-electron chi connectivity index (χ2n) is 5.21. The van der Waals surface area contributed by atoms with Gasteiger partial charge in [0.2, 0.25) is 5.43 Å². The summed E-state index contributed by atoms with van der Waals surface area (Å²) in [6, 6.07) is 5.28. The minimum Gasteiger partial charge on any atom is -0.494 e.